The molecule has 0 radical (unpaired) electrons. The van der Waals surface area contributed by atoms with E-state index in [2.05, 4.69) is 25.5 Å². The maximum atomic E-state index is 12.5. The third-order valence-electron chi connectivity index (χ3n) is 5.06. The molecule has 10 nitrogen and oxygen atoms in total. The molecular weight excluding hydrogens is 362 g/mol. The molecule has 0 aromatic carbocycles. The number of amides is 3. The number of aromatic amines is 1. The molecule has 2 fully saturated rings. The number of carbonyl (C=O) groups is 2. The van der Waals surface area contributed by atoms with Gasteiger partial charge in [0.05, 0.1) is 13.1 Å². The number of piperidine rings is 1. The van der Waals surface area contributed by atoms with Gasteiger partial charge >= 0.3 is 12.1 Å². The van der Waals surface area contributed by atoms with Crippen LogP contribution in [0.25, 0.3) is 11.4 Å². The number of aromatic nitrogens is 4. The van der Waals surface area contributed by atoms with Crippen LogP contribution >= 0.6 is 0 Å². The van der Waals surface area contributed by atoms with Gasteiger partial charge in [0.2, 0.25) is 0 Å². The summed E-state index contributed by atoms with van der Waals surface area (Å²) in [6, 6.07) is 3.56. The van der Waals surface area contributed by atoms with E-state index in [1.165, 1.54) is 0 Å². The van der Waals surface area contributed by atoms with Crippen LogP contribution in [0.1, 0.15) is 18.7 Å². The van der Waals surface area contributed by atoms with E-state index < -0.39 is 5.60 Å². The summed E-state index contributed by atoms with van der Waals surface area (Å²) in [6.07, 6.45) is 5.20. The zero-order valence-corrected chi connectivity index (χ0v) is 15.7. The smallest absolute Gasteiger partial charge is 0.410 e. The number of hydrogen-bond donors (Lipinski definition) is 2. The van der Waals surface area contributed by atoms with Gasteiger partial charge in [-0.2, -0.15) is 5.10 Å². The second-order valence-electron chi connectivity index (χ2n) is 7.26. The van der Waals surface area contributed by atoms with E-state index in [0.29, 0.717) is 44.2 Å². The first kappa shape index (κ1) is 18.2. The fraction of sp³-hybridized carbons (Fsp3) is 0.500. The molecule has 2 aliphatic heterocycles. The summed E-state index contributed by atoms with van der Waals surface area (Å²) in [6.45, 7) is 2.03. The van der Waals surface area contributed by atoms with Crippen molar-refractivity contribution in [3.8, 4) is 11.4 Å². The molecule has 2 aromatic heterocycles. The number of H-pyrrole nitrogens is 1. The molecule has 1 spiro atoms. The number of nitrogens with zero attached hydrogens (tertiary/aromatic N) is 5. The standard InChI is InChI=1S/C18H23N7O3/c1-24-11-18(28-17(24)27)6-3-9-25(12-18)16(26)20-8-5-14-21-15(23-22-14)13-4-2-7-19-10-13/h2,4,7,10H,3,5-6,8-9,11-12H2,1H3,(H,20,26)(H,21,22,23). The van der Waals surface area contributed by atoms with Crippen LogP contribution in [-0.4, -0.2) is 80.9 Å². The van der Waals surface area contributed by atoms with Crippen molar-refractivity contribution in [1.29, 1.82) is 0 Å². The van der Waals surface area contributed by atoms with Gasteiger partial charge in [0.1, 0.15) is 11.4 Å². The molecule has 10 heteroatoms. The second-order valence-corrected chi connectivity index (χ2v) is 7.26. The monoisotopic (exact) mass is 385 g/mol. The molecular formula is C18H23N7O3. The van der Waals surface area contributed by atoms with Gasteiger partial charge in [-0.15, -0.1) is 0 Å². The summed E-state index contributed by atoms with van der Waals surface area (Å²) in [5.41, 5.74) is 0.258. The number of likely N-dealkylation sites (N-methyl/N-ethyl adjacent to an activating group) is 1. The van der Waals surface area contributed by atoms with Gasteiger partial charge in [0.25, 0.3) is 0 Å². The van der Waals surface area contributed by atoms with Gasteiger partial charge in [0.15, 0.2) is 5.82 Å². The summed E-state index contributed by atoms with van der Waals surface area (Å²) >= 11 is 0. The van der Waals surface area contributed by atoms with E-state index in [4.69, 9.17) is 4.74 Å². The molecule has 3 amide bonds. The van der Waals surface area contributed by atoms with Crippen LogP contribution in [0, 0.1) is 0 Å². The number of likely N-dealkylation sites (tertiary alicyclic amines) is 1. The van der Waals surface area contributed by atoms with Crippen LogP contribution in [0.4, 0.5) is 9.59 Å². The summed E-state index contributed by atoms with van der Waals surface area (Å²) in [7, 11) is 1.72. The lowest BCUT2D eigenvalue weighted by molar-refractivity contribution is 0.00325. The minimum absolute atomic E-state index is 0.156. The molecule has 148 valence electrons. The summed E-state index contributed by atoms with van der Waals surface area (Å²) in [5, 5.41) is 9.99. The van der Waals surface area contributed by atoms with E-state index in [-0.39, 0.29) is 12.1 Å². The van der Waals surface area contributed by atoms with Crippen molar-refractivity contribution in [2.75, 3.05) is 33.2 Å². The number of carbonyl (C=O) groups excluding carboxylic acids is 2. The maximum absolute atomic E-state index is 12.5. The molecule has 0 saturated carbocycles. The van der Waals surface area contributed by atoms with Crippen molar-refractivity contribution >= 4 is 12.1 Å². The number of nitrogens with one attached hydrogen (secondary N) is 2. The molecule has 0 bridgehead atoms. The zero-order chi connectivity index (χ0) is 19.6. The SMILES string of the molecule is CN1CC2(CCCN(C(=O)NCCc3nc(-c4cccnc4)n[nH]3)C2)OC1=O. The van der Waals surface area contributed by atoms with Gasteiger partial charge in [-0.1, -0.05) is 0 Å². The molecule has 4 rings (SSSR count). The first-order valence-electron chi connectivity index (χ1n) is 9.33. The lowest BCUT2D eigenvalue weighted by Crippen LogP contribution is -2.54. The fourth-order valence-electron chi connectivity index (χ4n) is 3.71. The highest BCUT2D eigenvalue weighted by atomic mass is 16.6. The Labute approximate surface area is 162 Å². The number of hydrogen-bond acceptors (Lipinski definition) is 6. The number of pyridine rings is 1. The number of urea groups is 1. The Morgan fingerprint density at radius 1 is 1.43 bits per heavy atom. The van der Waals surface area contributed by atoms with E-state index in [0.717, 1.165) is 18.4 Å². The van der Waals surface area contributed by atoms with Crippen molar-refractivity contribution in [2.24, 2.45) is 0 Å². The average Bonchev–Trinajstić information content (AvgIpc) is 3.27. The second kappa shape index (κ2) is 7.45. The summed E-state index contributed by atoms with van der Waals surface area (Å²) in [5.74, 6) is 1.28. The molecule has 1 unspecified atom stereocenters. The van der Waals surface area contributed by atoms with Gasteiger partial charge in [-0.05, 0) is 25.0 Å². The first-order chi connectivity index (χ1) is 13.5. The Morgan fingerprint density at radius 3 is 3.07 bits per heavy atom. The zero-order valence-electron chi connectivity index (χ0n) is 15.7. The molecule has 2 aromatic rings. The van der Waals surface area contributed by atoms with E-state index >= 15 is 0 Å². The molecule has 0 aliphatic carbocycles. The van der Waals surface area contributed by atoms with Crippen LogP contribution in [0.3, 0.4) is 0 Å². The van der Waals surface area contributed by atoms with Crippen molar-refractivity contribution < 1.29 is 14.3 Å². The third-order valence-corrected chi connectivity index (χ3v) is 5.06. The molecule has 2 aliphatic rings. The Hall–Kier alpha value is -3.17. The Morgan fingerprint density at radius 2 is 2.32 bits per heavy atom. The normalized spacial score (nSPS) is 21.8. The van der Waals surface area contributed by atoms with E-state index in [1.807, 2.05) is 12.1 Å². The van der Waals surface area contributed by atoms with Crippen LogP contribution in [-0.2, 0) is 11.2 Å². The lowest BCUT2D eigenvalue weighted by Gasteiger charge is -2.38. The predicted molar refractivity (Wildman–Crippen MR) is 99.4 cm³/mol. The van der Waals surface area contributed by atoms with Crippen LogP contribution < -0.4 is 5.32 Å². The van der Waals surface area contributed by atoms with Crippen LogP contribution in [0.2, 0.25) is 0 Å². The molecule has 2 saturated heterocycles. The minimum Gasteiger partial charge on any atom is -0.439 e. The molecule has 2 N–H and O–H groups in total. The van der Waals surface area contributed by atoms with Crippen LogP contribution in [0.5, 0.6) is 0 Å². The van der Waals surface area contributed by atoms with Gasteiger partial charge in [-0.3, -0.25) is 10.1 Å². The highest BCUT2D eigenvalue weighted by Gasteiger charge is 2.47. The van der Waals surface area contributed by atoms with Crippen molar-refractivity contribution in [1.82, 2.24) is 35.3 Å². The Bertz CT molecular complexity index is 856. The minimum atomic E-state index is -0.578. The Kier molecular flexibility index (Phi) is 4.84. The largest absolute Gasteiger partial charge is 0.439 e. The van der Waals surface area contributed by atoms with Crippen LogP contribution in [0.15, 0.2) is 24.5 Å². The number of ether oxygens (including phenoxy) is 1. The summed E-state index contributed by atoms with van der Waals surface area (Å²) in [4.78, 5) is 36.0. The first-order valence-corrected chi connectivity index (χ1v) is 9.33. The van der Waals surface area contributed by atoms with E-state index in [9.17, 15) is 9.59 Å². The maximum Gasteiger partial charge on any atom is 0.410 e. The Balaban J connectivity index is 1.28. The highest BCUT2D eigenvalue weighted by molar-refractivity contribution is 5.75. The predicted octanol–water partition coefficient (Wildman–Crippen LogP) is 1.04. The molecule has 1 atom stereocenters. The van der Waals surface area contributed by atoms with Gasteiger partial charge in [-0.25, -0.2) is 14.6 Å². The van der Waals surface area contributed by atoms with Crippen molar-refractivity contribution in [2.45, 2.75) is 24.9 Å². The lowest BCUT2D eigenvalue weighted by atomic mass is 9.93. The summed E-state index contributed by atoms with van der Waals surface area (Å²) < 4.78 is 5.54. The molecule has 4 heterocycles. The van der Waals surface area contributed by atoms with E-state index in [1.54, 1.807) is 29.2 Å². The quantitative estimate of drug-likeness (QED) is 0.812. The molecule has 28 heavy (non-hydrogen) atoms. The van der Waals surface area contributed by atoms with Gasteiger partial charge < -0.3 is 19.9 Å². The topological polar surface area (TPSA) is 116 Å². The van der Waals surface area contributed by atoms with Crippen molar-refractivity contribution in [3.05, 3.63) is 30.4 Å². The van der Waals surface area contributed by atoms with Gasteiger partial charge in [0, 0.05) is 44.5 Å². The third kappa shape index (κ3) is 3.75. The van der Waals surface area contributed by atoms with Crippen molar-refractivity contribution in [3.63, 3.8) is 0 Å². The highest BCUT2D eigenvalue weighted by Crippen LogP contribution is 2.31. The number of rotatable bonds is 4. The average molecular weight is 385 g/mol. The fourth-order valence-corrected chi connectivity index (χ4v) is 3.71.